The number of imidazole rings is 1. The number of aromatic nitrogens is 2. The molecule has 3 rings (SSSR count). The van der Waals surface area contributed by atoms with Gasteiger partial charge in [-0.15, -0.1) is 11.3 Å². The van der Waals surface area contributed by atoms with Gasteiger partial charge in [-0.2, -0.15) is 0 Å². The lowest BCUT2D eigenvalue weighted by atomic mass is 10.1. The molecule has 0 aliphatic heterocycles. The number of benzene rings is 1. The van der Waals surface area contributed by atoms with Crippen molar-refractivity contribution in [1.29, 1.82) is 0 Å². The van der Waals surface area contributed by atoms with Crippen molar-refractivity contribution in [3.05, 3.63) is 35.5 Å². The van der Waals surface area contributed by atoms with E-state index in [0.29, 0.717) is 13.0 Å². The maximum absolute atomic E-state index is 11.8. The van der Waals surface area contributed by atoms with Gasteiger partial charge in [0.1, 0.15) is 11.5 Å². The molecule has 1 N–H and O–H groups in total. The van der Waals surface area contributed by atoms with Crippen LogP contribution < -0.4 is 14.8 Å². The number of carbonyl (C=O) groups excluding carboxylic acids is 1. The van der Waals surface area contributed by atoms with Gasteiger partial charge in [0.15, 0.2) is 4.96 Å². The lowest BCUT2D eigenvalue weighted by Gasteiger charge is -2.08. The Morgan fingerprint density at radius 1 is 1.33 bits per heavy atom. The van der Waals surface area contributed by atoms with Crippen molar-refractivity contribution in [1.82, 2.24) is 14.7 Å². The first kappa shape index (κ1) is 16.3. The summed E-state index contributed by atoms with van der Waals surface area (Å²) in [5, 5.41) is 4.78. The molecule has 126 valence electrons. The average molecular weight is 345 g/mol. The van der Waals surface area contributed by atoms with E-state index in [1.807, 2.05) is 41.1 Å². The number of carbonyl (C=O) groups is 1. The second-order valence-corrected chi connectivity index (χ2v) is 6.04. The molecule has 2 aromatic heterocycles. The number of hydrogen-bond donors (Lipinski definition) is 1. The van der Waals surface area contributed by atoms with Gasteiger partial charge in [0.05, 0.1) is 26.3 Å². The van der Waals surface area contributed by atoms with E-state index in [2.05, 4.69) is 10.3 Å². The molecule has 2 heterocycles. The first-order valence-electron chi connectivity index (χ1n) is 7.60. The predicted molar refractivity (Wildman–Crippen MR) is 94.0 cm³/mol. The van der Waals surface area contributed by atoms with Gasteiger partial charge < -0.3 is 14.8 Å². The first-order chi connectivity index (χ1) is 11.7. The summed E-state index contributed by atoms with van der Waals surface area (Å²) in [6.45, 7) is 2.54. The van der Waals surface area contributed by atoms with Gasteiger partial charge in [-0.05, 0) is 25.1 Å². The molecule has 0 bridgehead atoms. The van der Waals surface area contributed by atoms with Crippen molar-refractivity contribution in [3.8, 4) is 22.8 Å². The third kappa shape index (κ3) is 3.07. The summed E-state index contributed by atoms with van der Waals surface area (Å²) >= 11 is 1.51. The Bertz CT molecular complexity index is 869. The van der Waals surface area contributed by atoms with Crippen LogP contribution in [0.2, 0.25) is 0 Å². The predicted octanol–water partition coefficient (Wildman–Crippen LogP) is 2.76. The zero-order valence-corrected chi connectivity index (χ0v) is 14.6. The highest BCUT2D eigenvalue weighted by Crippen LogP contribution is 2.34. The topological polar surface area (TPSA) is 64.9 Å². The molecule has 0 saturated carbocycles. The quantitative estimate of drug-likeness (QED) is 0.746. The first-order valence-corrected chi connectivity index (χ1v) is 8.48. The summed E-state index contributed by atoms with van der Waals surface area (Å²) in [5.74, 6) is 1.47. The Morgan fingerprint density at radius 3 is 2.88 bits per heavy atom. The maximum Gasteiger partial charge on any atom is 0.225 e. The van der Waals surface area contributed by atoms with E-state index >= 15 is 0 Å². The van der Waals surface area contributed by atoms with Crippen LogP contribution in [-0.2, 0) is 11.2 Å². The monoisotopic (exact) mass is 345 g/mol. The second kappa shape index (κ2) is 6.92. The summed E-state index contributed by atoms with van der Waals surface area (Å²) in [4.78, 5) is 17.3. The van der Waals surface area contributed by atoms with Crippen LogP contribution in [0.15, 0.2) is 29.8 Å². The SMILES string of the molecule is CCNC(=O)Cc1csc2nc(-c3cc(OC)ccc3OC)cn12. The summed E-state index contributed by atoms with van der Waals surface area (Å²) in [6.07, 6.45) is 2.26. The van der Waals surface area contributed by atoms with Crippen LogP contribution in [0.3, 0.4) is 0 Å². The van der Waals surface area contributed by atoms with Crippen molar-refractivity contribution in [2.45, 2.75) is 13.3 Å². The molecule has 1 aromatic carbocycles. The number of fused-ring (bicyclic) bond motifs is 1. The molecule has 0 unspecified atom stereocenters. The number of likely N-dealkylation sites (N-methyl/N-ethyl adjacent to an activating group) is 1. The zero-order chi connectivity index (χ0) is 17.1. The van der Waals surface area contributed by atoms with Crippen molar-refractivity contribution >= 4 is 22.2 Å². The number of nitrogens with zero attached hydrogens (tertiary/aromatic N) is 2. The highest BCUT2D eigenvalue weighted by Gasteiger charge is 2.15. The molecular formula is C17H19N3O3S. The largest absolute Gasteiger partial charge is 0.497 e. The highest BCUT2D eigenvalue weighted by molar-refractivity contribution is 7.15. The molecule has 0 fully saturated rings. The second-order valence-electron chi connectivity index (χ2n) is 5.20. The third-order valence-electron chi connectivity index (χ3n) is 3.68. The van der Waals surface area contributed by atoms with Gasteiger partial charge in [-0.1, -0.05) is 0 Å². The Balaban J connectivity index is 2.00. The Labute approximate surface area is 144 Å². The van der Waals surface area contributed by atoms with E-state index in [4.69, 9.17) is 9.47 Å². The van der Waals surface area contributed by atoms with Crippen LogP contribution in [0.1, 0.15) is 12.6 Å². The molecule has 0 aliphatic rings. The summed E-state index contributed by atoms with van der Waals surface area (Å²) in [7, 11) is 3.26. The van der Waals surface area contributed by atoms with Crippen LogP contribution in [0.5, 0.6) is 11.5 Å². The van der Waals surface area contributed by atoms with E-state index in [1.54, 1.807) is 14.2 Å². The standard InChI is InChI=1S/C17H19N3O3S/c1-4-18-16(21)7-11-10-24-17-19-14(9-20(11)17)13-8-12(22-2)5-6-15(13)23-3/h5-6,8-10H,4,7H2,1-3H3,(H,18,21). The van der Waals surface area contributed by atoms with Crippen molar-refractivity contribution < 1.29 is 14.3 Å². The van der Waals surface area contributed by atoms with Gasteiger partial charge in [-0.25, -0.2) is 4.98 Å². The maximum atomic E-state index is 11.8. The zero-order valence-electron chi connectivity index (χ0n) is 13.8. The smallest absolute Gasteiger partial charge is 0.225 e. The normalized spacial score (nSPS) is 10.8. The Morgan fingerprint density at radius 2 is 2.17 bits per heavy atom. The average Bonchev–Trinajstić information content (AvgIpc) is 3.16. The Hall–Kier alpha value is -2.54. The van der Waals surface area contributed by atoms with Crippen LogP contribution in [0.25, 0.3) is 16.2 Å². The number of amides is 1. The van der Waals surface area contributed by atoms with Gasteiger partial charge in [0.25, 0.3) is 0 Å². The lowest BCUT2D eigenvalue weighted by molar-refractivity contribution is -0.120. The van der Waals surface area contributed by atoms with Crippen molar-refractivity contribution in [3.63, 3.8) is 0 Å². The molecule has 0 saturated heterocycles. The van der Waals surface area contributed by atoms with E-state index < -0.39 is 0 Å². The molecule has 0 spiro atoms. The summed E-state index contributed by atoms with van der Waals surface area (Å²) in [6, 6.07) is 5.60. The molecule has 24 heavy (non-hydrogen) atoms. The molecule has 1 amide bonds. The van der Waals surface area contributed by atoms with Gasteiger partial charge in [0, 0.05) is 29.4 Å². The molecule has 3 aromatic rings. The minimum atomic E-state index is 0.00594. The van der Waals surface area contributed by atoms with Crippen molar-refractivity contribution in [2.24, 2.45) is 0 Å². The fraction of sp³-hybridized carbons (Fsp3) is 0.294. The van der Waals surface area contributed by atoms with Gasteiger partial charge in [-0.3, -0.25) is 9.20 Å². The lowest BCUT2D eigenvalue weighted by Crippen LogP contribution is -2.24. The molecule has 0 radical (unpaired) electrons. The Kier molecular flexibility index (Phi) is 4.71. The van der Waals surface area contributed by atoms with E-state index in [1.165, 1.54) is 11.3 Å². The van der Waals surface area contributed by atoms with Crippen molar-refractivity contribution in [2.75, 3.05) is 20.8 Å². The number of thiazole rings is 1. The fourth-order valence-corrected chi connectivity index (χ4v) is 3.40. The number of nitrogens with one attached hydrogen (secondary N) is 1. The molecular weight excluding hydrogens is 326 g/mol. The van der Waals surface area contributed by atoms with Crippen LogP contribution >= 0.6 is 11.3 Å². The van der Waals surface area contributed by atoms with Gasteiger partial charge in [0.2, 0.25) is 5.91 Å². The van der Waals surface area contributed by atoms with Gasteiger partial charge >= 0.3 is 0 Å². The van der Waals surface area contributed by atoms with E-state index in [-0.39, 0.29) is 5.91 Å². The molecule has 0 atom stereocenters. The highest BCUT2D eigenvalue weighted by atomic mass is 32.1. The van der Waals surface area contributed by atoms with Crippen LogP contribution in [0.4, 0.5) is 0 Å². The third-order valence-corrected chi connectivity index (χ3v) is 4.57. The number of rotatable bonds is 6. The van der Waals surface area contributed by atoms with E-state index in [9.17, 15) is 4.79 Å². The molecule has 7 heteroatoms. The minimum Gasteiger partial charge on any atom is -0.497 e. The van der Waals surface area contributed by atoms with E-state index in [0.717, 1.165) is 33.4 Å². The number of hydrogen-bond acceptors (Lipinski definition) is 5. The number of ether oxygens (including phenoxy) is 2. The molecule has 6 nitrogen and oxygen atoms in total. The minimum absolute atomic E-state index is 0.00594. The van der Waals surface area contributed by atoms with Crippen LogP contribution in [0, 0.1) is 0 Å². The molecule has 0 aliphatic carbocycles. The number of methoxy groups -OCH3 is 2. The summed E-state index contributed by atoms with van der Waals surface area (Å²) < 4.78 is 12.7. The van der Waals surface area contributed by atoms with Crippen LogP contribution in [-0.4, -0.2) is 36.1 Å². The summed E-state index contributed by atoms with van der Waals surface area (Å²) in [5.41, 5.74) is 2.56. The fourth-order valence-electron chi connectivity index (χ4n) is 2.52.